The van der Waals surface area contributed by atoms with Gasteiger partial charge in [0, 0.05) is 6.21 Å². The lowest BCUT2D eigenvalue weighted by atomic mass is 9.55. The maximum Gasteiger partial charge on any atom is 0.426 e. The first-order valence-electron chi connectivity index (χ1n) is 10.0. The van der Waals surface area contributed by atoms with Crippen molar-refractivity contribution in [2.75, 3.05) is 0 Å². The zero-order valence-corrected chi connectivity index (χ0v) is 16.6. The molecule has 4 rings (SSSR count). The molecular weight excluding hydrogens is 365 g/mol. The summed E-state index contributed by atoms with van der Waals surface area (Å²) in [7, 11) is 0. The molecule has 144 valence electrons. The lowest BCUT2D eigenvalue weighted by Gasteiger charge is -2.18. The number of hydrogen-bond donors (Lipinski definition) is 0. The summed E-state index contributed by atoms with van der Waals surface area (Å²) < 4.78 is 6.50. The van der Waals surface area contributed by atoms with Crippen LogP contribution in [0.2, 0.25) is 0 Å². The van der Waals surface area contributed by atoms with E-state index in [9.17, 15) is 0 Å². The van der Waals surface area contributed by atoms with Crippen LogP contribution in [0.25, 0.3) is 6.08 Å². The van der Waals surface area contributed by atoms with Crippen molar-refractivity contribution in [3.8, 4) is 5.75 Å². The van der Waals surface area contributed by atoms with Gasteiger partial charge >= 0.3 is 6.92 Å². The summed E-state index contributed by atoms with van der Waals surface area (Å²) in [6, 6.07) is 38.6. The average Bonchev–Trinajstić information content (AvgIpc) is 2.83. The molecule has 0 spiro atoms. The van der Waals surface area contributed by atoms with Crippen LogP contribution in [-0.2, 0) is 0 Å². The van der Waals surface area contributed by atoms with Gasteiger partial charge in [0.05, 0.1) is 0 Å². The fourth-order valence-corrected chi connectivity index (χ4v) is 3.22. The van der Waals surface area contributed by atoms with Crippen molar-refractivity contribution in [2.24, 2.45) is 4.99 Å². The van der Waals surface area contributed by atoms with Crippen molar-refractivity contribution in [1.82, 2.24) is 0 Å². The molecule has 0 aliphatic heterocycles. The molecule has 3 heteroatoms. The van der Waals surface area contributed by atoms with Crippen LogP contribution < -0.4 is 15.6 Å². The lowest BCUT2D eigenvalue weighted by Crippen LogP contribution is -2.47. The van der Waals surface area contributed by atoms with E-state index in [4.69, 9.17) is 4.65 Å². The Morgan fingerprint density at radius 1 is 0.600 bits per heavy atom. The number of benzene rings is 4. The van der Waals surface area contributed by atoms with Gasteiger partial charge in [0.25, 0.3) is 0 Å². The Labute approximate surface area is 178 Å². The number of aliphatic imine (C=N–C) groups is 1. The first-order valence-corrected chi connectivity index (χ1v) is 10.0. The molecule has 0 aromatic heterocycles. The van der Waals surface area contributed by atoms with Gasteiger partial charge in [-0.3, -0.25) is 4.99 Å². The SMILES string of the molecule is C(=C\c1ccccc1)/C=N/c1ccccc1OB(c1ccccc1)c1ccccc1. The van der Waals surface area contributed by atoms with E-state index in [2.05, 4.69) is 41.4 Å². The third-order valence-electron chi connectivity index (χ3n) is 4.70. The van der Waals surface area contributed by atoms with E-state index in [-0.39, 0.29) is 6.92 Å². The molecule has 0 saturated carbocycles. The largest absolute Gasteiger partial charge is 0.550 e. The molecule has 0 fully saturated rings. The lowest BCUT2D eigenvalue weighted by molar-refractivity contribution is 0.593. The van der Waals surface area contributed by atoms with Gasteiger partial charge in [-0.25, -0.2) is 0 Å². The smallest absolute Gasteiger partial charge is 0.426 e. The molecule has 4 aromatic carbocycles. The molecular formula is C27H22BNO. The van der Waals surface area contributed by atoms with Crippen LogP contribution in [0.15, 0.2) is 126 Å². The second-order valence-electron chi connectivity index (χ2n) is 6.83. The first-order chi connectivity index (χ1) is 14.9. The number of hydrogen-bond acceptors (Lipinski definition) is 2. The summed E-state index contributed by atoms with van der Waals surface area (Å²) in [6.07, 6.45) is 5.77. The van der Waals surface area contributed by atoms with Crippen LogP contribution in [0.5, 0.6) is 5.75 Å². The number of allylic oxidation sites excluding steroid dienone is 1. The van der Waals surface area contributed by atoms with E-state index in [1.807, 2.05) is 91.0 Å². The number of rotatable bonds is 7. The molecule has 0 saturated heterocycles. The molecule has 0 aliphatic rings. The first kappa shape index (κ1) is 19.5. The van der Waals surface area contributed by atoms with Gasteiger partial charge in [-0.2, -0.15) is 0 Å². The predicted molar refractivity (Wildman–Crippen MR) is 129 cm³/mol. The third kappa shape index (κ3) is 5.15. The fraction of sp³-hybridized carbons (Fsp3) is 0. The summed E-state index contributed by atoms with van der Waals surface area (Å²) in [5.74, 6) is 0.750. The Balaban J connectivity index is 1.59. The van der Waals surface area contributed by atoms with E-state index < -0.39 is 0 Å². The summed E-state index contributed by atoms with van der Waals surface area (Å²) >= 11 is 0. The van der Waals surface area contributed by atoms with Crippen LogP contribution in [0.4, 0.5) is 5.69 Å². The Hall–Kier alpha value is -3.85. The van der Waals surface area contributed by atoms with Crippen LogP contribution in [-0.4, -0.2) is 13.1 Å². The topological polar surface area (TPSA) is 21.6 Å². The van der Waals surface area contributed by atoms with E-state index in [0.29, 0.717) is 0 Å². The molecule has 0 unspecified atom stereocenters. The second-order valence-corrected chi connectivity index (χ2v) is 6.83. The standard InChI is InChI=1S/C27H22BNO/c1-4-13-23(14-5-1)15-12-22-29-26-20-10-11-21-27(26)30-28(24-16-6-2-7-17-24)25-18-8-3-9-19-25/h1-22H/b15-12+,29-22+. The zero-order chi connectivity index (χ0) is 20.4. The van der Waals surface area contributed by atoms with Crippen molar-refractivity contribution in [2.45, 2.75) is 0 Å². The molecule has 30 heavy (non-hydrogen) atoms. The monoisotopic (exact) mass is 387 g/mol. The van der Waals surface area contributed by atoms with Crippen LogP contribution in [0.1, 0.15) is 5.56 Å². The quantitative estimate of drug-likeness (QED) is 0.312. The zero-order valence-electron chi connectivity index (χ0n) is 16.6. The van der Waals surface area contributed by atoms with Gasteiger partial charge in [-0.05, 0) is 34.7 Å². The third-order valence-corrected chi connectivity index (χ3v) is 4.70. The van der Waals surface area contributed by atoms with E-state index in [1.54, 1.807) is 6.21 Å². The van der Waals surface area contributed by atoms with Crippen molar-refractivity contribution < 1.29 is 4.65 Å². The molecule has 4 aromatic rings. The van der Waals surface area contributed by atoms with Gasteiger partial charge in [-0.1, -0.05) is 109 Å². The van der Waals surface area contributed by atoms with Crippen LogP contribution in [0.3, 0.4) is 0 Å². The van der Waals surface area contributed by atoms with Crippen LogP contribution in [0, 0.1) is 0 Å². The summed E-state index contributed by atoms with van der Waals surface area (Å²) in [4.78, 5) is 4.62. The van der Waals surface area contributed by atoms with Gasteiger partial charge in [0.2, 0.25) is 0 Å². The van der Waals surface area contributed by atoms with Crippen molar-refractivity contribution in [3.05, 3.63) is 127 Å². The fourth-order valence-electron chi connectivity index (χ4n) is 3.22. The molecule has 0 bridgehead atoms. The molecule has 0 radical (unpaired) electrons. The van der Waals surface area contributed by atoms with Crippen molar-refractivity contribution >= 4 is 35.8 Å². The maximum absolute atomic E-state index is 6.50. The second kappa shape index (κ2) is 10.1. The normalized spacial score (nSPS) is 11.1. The molecule has 0 aliphatic carbocycles. The highest BCUT2D eigenvalue weighted by atomic mass is 16.4. The number of nitrogens with zero attached hydrogens (tertiary/aromatic N) is 1. The predicted octanol–water partition coefficient (Wildman–Crippen LogP) is 5.29. The van der Waals surface area contributed by atoms with Crippen molar-refractivity contribution in [3.63, 3.8) is 0 Å². The maximum atomic E-state index is 6.50. The van der Waals surface area contributed by atoms with Gasteiger partial charge in [0.1, 0.15) is 11.4 Å². The van der Waals surface area contributed by atoms with Crippen LogP contribution >= 0.6 is 0 Å². The van der Waals surface area contributed by atoms with Crippen molar-refractivity contribution in [1.29, 1.82) is 0 Å². The Morgan fingerprint density at radius 3 is 1.77 bits per heavy atom. The minimum absolute atomic E-state index is 0.205. The average molecular weight is 387 g/mol. The Kier molecular flexibility index (Phi) is 6.54. The summed E-state index contributed by atoms with van der Waals surface area (Å²) in [5, 5.41) is 0. The molecule has 0 N–H and O–H groups in total. The molecule has 0 amide bonds. The molecule has 0 heterocycles. The minimum atomic E-state index is -0.205. The Morgan fingerprint density at radius 2 is 1.13 bits per heavy atom. The molecule has 2 nitrogen and oxygen atoms in total. The van der Waals surface area contributed by atoms with E-state index in [0.717, 1.165) is 27.9 Å². The highest BCUT2D eigenvalue weighted by molar-refractivity contribution is 6.80. The summed E-state index contributed by atoms with van der Waals surface area (Å²) in [6.45, 7) is -0.205. The highest BCUT2D eigenvalue weighted by Gasteiger charge is 2.24. The molecule has 0 atom stereocenters. The Bertz CT molecular complexity index is 1070. The van der Waals surface area contributed by atoms with Gasteiger partial charge in [-0.15, -0.1) is 0 Å². The minimum Gasteiger partial charge on any atom is -0.550 e. The number of para-hydroxylation sites is 2. The van der Waals surface area contributed by atoms with E-state index >= 15 is 0 Å². The van der Waals surface area contributed by atoms with Gasteiger partial charge < -0.3 is 4.65 Å². The summed E-state index contributed by atoms with van der Waals surface area (Å²) in [5.41, 5.74) is 4.15. The highest BCUT2D eigenvalue weighted by Crippen LogP contribution is 2.27. The van der Waals surface area contributed by atoms with Gasteiger partial charge in [0.15, 0.2) is 0 Å². The van der Waals surface area contributed by atoms with E-state index in [1.165, 1.54) is 0 Å².